The van der Waals surface area contributed by atoms with Crippen LogP contribution in [-0.4, -0.2) is 77.4 Å². The molecule has 3 amide bonds. The molecule has 2 saturated carbocycles. The number of nitrogens with zero attached hydrogens (tertiary/aromatic N) is 2. The molecule has 256 valence electrons. The molecule has 4 aliphatic rings. The molecule has 0 spiro atoms. The zero-order valence-electron chi connectivity index (χ0n) is 28.3. The highest BCUT2D eigenvalue weighted by molar-refractivity contribution is 5.98. The second-order valence-corrected chi connectivity index (χ2v) is 15.4. The molecule has 4 atom stereocenters. The SMILES string of the molecule is COc1cc(C#N)c(OC2CCC(C)(C(=O)O)CC2)cc1C(=O)N[C@@H]1[C@H](C(=O)NCC2(C)CCC2)[C@@H]2CC[C@H]1N2C(=O)OC(C)(C)C. The van der Waals surface area contributed by atoms with Crippen molar-refractivity contribution >= 4 is 23.9 Å². The first-order valence-electron chi connectivity index (χ1n) is 16.7. The van der Waals surface area contributed by atoms with Crippen LogP contribution in [0.1, 0.15) is 108 Å². The predicted molar refractivity (Wildman–Crippen MR) is 171 cm³/mol. The minimum absolute atomic E-state index is 0.0493. The van der Waals surface area contributed by atoms with Crippen LogP contribution in [0.15, 0.2) is 12.1 Å². The predicted octanol–water partition coefficient (Wildman–Crippen LogP) is 4.78. The van der Waals surface area contributed by atoms with E-state index in [0.29, 0.717) is 45.1 Å². The van der Waals surface area contributed by atoms with Gasteiger partial charge in [0.2, 0.25) is 5.91 Å². The van der Waals surface area contributed by atoms with Crippen molar-refractivity contribution in [1.29, 1.82) is 5.26 Å². The van der Waals surface area contributed by atoms with Crippen molar-refractivity contribution in [2.75, 3.05) is 13.7 Å². The second kappa shape index (κ2) is 12.9. The van der Waals surface area contributed by atoms with Gasteiger partial charge >= 0.3 is 12.1 Å². The topological polar surface area (TPSA) is 167 Å². The van der Waals surface area contributed by atoms with E-state index in [0.717, 1.165) is 19.3 Å². The van der Waals surface area contributed by atoms with E-state index in [-0.39, 0.29) is 40.1 Å². The Bertz CT molecular complexity index is 1450. The van der Waals surface area contributed by atoms with Crippen molar-refractivity contribution in [2.24, 2.45) is 16.7 Å². The number of hydrogen-bond donors (Lipinski definition) is 3. The van der Waals surface area contributed by atoms with E-state index >= 15 is 0 Å². The highest BCUT2D eigenvalue weighted by Crippen LogP contribution is 2.45. The van der Waals surface area contributed by atoms with Crippen molar-refractivity contribution in [3.8, 4) is 17.6 Å². The Kier molecular flexibility index (Phi) is 9.41. The number of rotatable bonds is 9. The van der Waals surface area contributed by atoms with Crippen LogP contribution in [0, 0.1) is 28.1 Å². The van der Waals surface area contributed by atoms with Crippen LogP contribution in [0.2, 0.25) is 0 Å². The van der Waals surface area contributed by atoms with E-state index in [2.05, 4.69) is 23.6 Å². The molecule has 12 heteroatoms. The largest absolute Gasteiger partial charge is 0.496 e. The Morgan fingerprint density at radius 3 is 2.23 bits per heavy atom. The van der Waals surface area contributed by atoms with Gasteiger partial charge < -0.3 is 30.0 Å². The number of ether oxygens (including phenoxy) is 3. The summed E-state index contributed by atoms with van der Waals surface area (Å²) in [6.45, 7) is 9.78. The molecule has 2 heterocycles. The Morgan fingerprint density at radius 2 is 1.68 bits per heavy atom. The fourth-order valence-electron chi connectivity index (χ4n) is 7.59. The molecule has 4 fully saturated rings. The molecule has 2 bridgehead atoms. The highest BCUT2D eigenvalue weighted by atomic mass is 16.6. The van der Waals surface area contributed by atoms with Crippen LogP contribution in [0.25, 0.3) is 0 Å². The van der Waals surface area contributed by atoms with Crippen LogP contribution in [0.4, 0.5) is 4.79 Å². The van der Waals surface area contributed by atoms with Crippen LogP contribution in [0.3, 0.4) is 0 Å². The molecule has 1 aromatic rings. The fraction of sp³-hybridized carbons (Fsp3) is 0.686. The fourth-order valence-corrected chi connectivity index (χ4v) is 7.59. The van der Waals surface area contributed by atoms with Gasteiger partial charge in [-0.05, 0) is 90.5 Å². The average Bonchev–Trinajstić information content (AvgIpc) is 3.56. The van der Waals surface area contributed by atoms with E-state index in [1.165, 1.54) is 19.2 Å². The molecule has 1 aromatic carbocycles. The number of fused-ring (bicyclic) bond motifs is 2. The summed E-state index contributed by atoms with van der Waals surface area (Å²) in [6.07, 6.45) is 5.43. The van der Waals surface area contributed by atoms with Gasteiger partial charge in [-0.1, -0.05) is 13.3 Å². The third-order valence-electron chi connectivity index (χ3n) is 10.7. The van der Waals surface area contributed by atoms with Gasteiger partial charge in [-0.2, -0.15) is 5.26 Å². The van der Waals surface area contributed by atoms with Gasteiger partial charge in [-0.25, -0.2) is 4.79 Å². The first kappa shape index (κ1) is 34.3. The summed E-state index contributed by atoms with van der Waals surface area (Å²) < 4.78 is 17.5. The molecule has 0 radical (unpaired) electrons. The zero-order valence-corrected chi connectivity index (χ0v) is 28.3. The van der Waals surface area contributed by atoms with Crippen LogP contribution in [-0.2, 0) is 14.3 Å². The smallest absolute Gasteiger partial charge is 0.410 e. The Morgan fingerprint density at radius 1 is 1.02 bits per heavy atom. The molecule has 2 saturated heterocycles. The minimum atomic E-state index is -0.841. The summed E-state index contributed by atoms with van der Waals surface area (Å²) in [4.78, 5) is 54.6. The van der Waals surface area contributed by atoms with Crippen LogP contribution < -0.4 is 20.1 Å². The first-order valence-corrected chi connectivity index (χ1v) is 16.7. The number of carbonyl (C=O) groups excluding carboxylic acids is 3. The molecule has 3 N–H and O–H groups in total. The van der Waals surface area contributed by atoms with Gasteiger partial charge in [-0.15, -0.1) is 0 Å². The third kappa shape index (κ3) is 6.99. The number of amides is 3. The first-order chi connectivity index (χ1) is 22.1. The lowest BCUT2D eigenvalue weighted by Crippen LogP contribution is -2.53. The molecular weight excluding hydrogens is 604 g/mol. The number of hydrogen-bond acceptors (Lipinski definition) is 8. The van der Waals surface area contributed by atoms with Gasteiger partial charge in [0, 0.05) is 18.7 Å². The maximum Gasteiger partial charge on any atom is 0.410 e. The summed E-state index contributed by atoms with van der Waals surface area (Å²) in [5.41, 5.74) is -1.20. The van der Waals surface area contributed by atoms with Crippen molar-refractivity contribution in [1.82, 2.24) is 15.5 Å². The monoisotopic (exact) mass is 652 g/mol. The lowest BCUT2D eigenvalue weighted by atomic mass is 9.70. The van der Waals surface area contributed by atoms with Gasteiger partial charge in [0.1, 0.15) is 23.2 Å². The molecule has 2 aliphatic heterocycles. The van der Waals surface area contributed by atoms with Crippen molar-refractivity contribution in [3.63, 3.8) is 0 Å². The zero-order chi connectivity index (χ0) is 34.3. The Labute approximate surface area is 276 Å². The molecule has 2 aliphatic carbocycles. The van der Waals surface area contributed by atoms with E-state index < -0.39 is 53.0 Å². The standard InChI is InChI=1S/C35H48N4O8/c1-33(2,3)47-32(44)39-23-8-9-24(39)28(27(23)30(41)37-19-34(4)12-7-13-34)38-29(40)22-17-25(20(18-36)16-26(22)45-6)46-21-10-14-35(5,15-11-21)31(42)43/h16-17,21,23-24,27-28H,7-15,19H2,1-6H3,(H,37,41)(H,38,40)(H,42,43)/t21?,23-,24+,27+,28-,35?/m0/s1. The maximum atomic E-state index is 14.0. The van der Waals surface area contributed by atoms with E-state index in [1.807, 2.05) is 0 Å². The molecule has 12 nitrogen and oxygen atoms in total. The number of aliphatic carboxylic acids is 1. The number of methoxy groups -OCH3 is 1. The second-order valence-electron chi connectivity index (χ2n) is 15.4. The number of nitrogens with one attached hydrogen (secondary N) is 2. The lowest BCUT2D eigenvalue weighted by molar-refractivity contribution is -0.150. The van der Waals surface area contributed by atoms with E-state index in [9.17, 15) is 29.5 Å². The van der Waals surface area contributed by atoms with Gasteiger partial charge in [0.05, 0.1) is 47.8 Å². The van der Waals surface area contributed by atoms with Gasteiger partial charge in [0.15, 0.2) is 0 Å². The summed E-state index contributed by atoms with van der Waals surface area (Å²) >= 11 is 0. The average molecular weight is 653 g/mol. The lowest BCUT2D eigenvalue weighted by Gasteiger charge is -2.39. The van der Waals surface area contributed by atoms with E-state index in [4.69, 9.17) is 14.2 Å². The molecule has 0 aromatic heterocycles. The Balaban J connectivity index is 1.39. The number of carboxylic acids is 1. The van der Waals surface area contributed by atoms with E-state index in [1.54, 1.807) is 32.6 Å². The Hall–Kier alpha value is -4.01. The normalized spacial score (nSPS) is 29.2. The molecule has 47 heavy (non-hydrogen) atoms. The molecule has 5 rings (SSSR count). The molecule has 0 unspecified atom stereocenters. The summed E-state index contributed by atoms with van der Waals surface area (Å²) in [6, 6.07) is 3.48. The molecular formula is C35H48N4O8. The van der Waals surface area contributed by atoms with Crippen LogP contribution in [0.5, 0.6) is 11.5 Å². The number of carboxylic acid groups (broad SMARTS) is 1. The van der Waals surface area contributed by atoms with Crippen LogP contribution >= 0.6 is 0 Å². The quantitative estimate of drug-likeness (QED) is 0.340. The number of nitriles is 1. The number of benzene rings is 1. The highest BCUT2D eigenvalue weighted by Gasteiger charge is 2.59. The number of carbonyl (C=O) groups is 4. The van der Waals surface area contributed by atoms with Crippen molar-refractivity contribution in [3.05, 3.63) is 23.3 Å². The summed E-state index contributed by atoms with van der Waals surface area (Å²) in [7, 11) is 1.40. The van der Waals surface area contributed by atoms with Crippen molar-refractivity contribution < 1.29 is 38.5 Å². The maximum absolute atomic E-state index is 14.0. The summed E-state index contributed by atoms with van der Waals surface area (Å²) in [5, 5.41) is 25.7. The third-order valence-corrected chi connectivity index (χ3v) is 10.7. The minimum Gasteiger partial charge on any atom is -0.496 e. The van der Waals surface area contributed by atoms with Crippen molar-refractivity contribution in [2.45, 2.75) is 122 Å². The summed E-state index contributed by atoms with van der Waals surface area (Å²) in [5.74, 6) is -1.88. The van der Waals surface area contributed by atoms with Gasteiger partial charge in [0.25, 0.3) is 5.91 Å². The van der Waals surface area contributed by atoms with Gasteiger partial charge in [-0.3, -0.25) is 19.3 Å².